The van der Waals surface area contributed by atoms with Crippen molar-refractivity contribution in [1.82, 2.24) is 0 Å². The predicted octanol–water partition coefficient (Wildman–Crippen LogP) is 3.07. The number of hydrogen-bond donors (Lipinski definition) is 0. The lowest BCUT2D eigenvalue weighted by Crippen LogP contribution is -2.13. The third-order valence-electron chi connectivity index (χ3n) is 3.24. The van der Waals surface area contributed by atoms with Gasteiger partial charge in [-0.05, 0) is 12.0 Å². The van der Waals surface area contributed by atoms with Crippen LogP contribution in [0.3, 0.4) is 0 Å². The van der Waals surface area contributed by atoms with E-state index in [0.717, 1.165) is 19.4 Å². The van der Waals surface area contributed by atoms with Gasteiger partial charge in [-0.3, -0.25) is 0 Å². The molecule has 1 aromatic rings. The molecule has 138 valence electrons. The molecule has 0 radical (unpaired) electrons. The highest BCUT2D eigenvalue weighted by molar-refractivity contribution is 5.13. The Hall–Kier alpha value is -0.980. The molecule has 0 aromatic heterocycles. The molecule has 0 heterocycles. The smallest absolute Gasteiger partial charge is 0.0718 e. The van der Waals surface area contributed by atoms with Crippen LogP contribution in [0, 0.1) is 0 Å². The van der Waals surface area contributed by atoms with Gasteiger partial charge in [0, 0.05) is 6.61 Å². The average molecular weight is 340 g/mol. The number of rotatable bonds is 17. The average Bonchev–Trinajstić information content (AvgIpc) is 2.62. The molecule has 0 fully saturated rings. The van der Waals surface area contributed by atoms with Gasteiger partial charge in [0.15, 0.2) is 0 Å². The van der Waals surface area contributed by atoms with Gasteiger partial charge in [-0.2, -0.15) is 0 Å². The quantitative estimate of drug-likeness (QED) is 0.408. The fourth-order valence-electron chi connectivity index (χ4n) is 1.89. The van der Waals surface area contributed by atoms with E-state index in [1.165, 1.54) is 5.56 Å². The molecule has 0 aliphatic carbocycles. The van der Waals surface area contributed by atoms with Crippen LogP contribution in [-0.2, 0) is 30.3 Å². The third-order valence-corrected chi connectivity index (χ3v) is 3.24. The molecule has 5 nitrogen and oxygen atoms in total. The van der Waals surface area contributed by atoms with Crippen molar-refractivity contribution in [3.05, 3.63) is 35.9 Å². The van der Waals surface area contributed by atoms with Crippen molar-refractivity contribution in [1.29, 1.82) is 0 Å². The largest absolute Gasteiger partial charge is 0.379 e. The second-order valence-corrected chi connectivity index (χ2v) is 5.34. The van der Waals surface area contributed by atoms with Crippen molar-refractivity contribution in [2.45, 2.75) is 26.4 Å². The molecular formula is C19H32O5. The highest BCUT2D eigenvalue weighted by atomic mass is 16.6. The molecule has 0 unspecified atom stereocenters. The van der Waals surface area contributed by atoms with E-state index in [1.54, 1.807) is 0 Å². The minimum atomic E-state index is 0.578. The lowest BCUT2D eigenvalue weighted by Gasteiger charge is -2.08. The highest BCUT2D eigenvalue weighted by Crippen LogP contribution is 1.99. The molecule has 0 aliphatic rings. The Labute approximate surface area is 146 Å². The first-order chi connectivity index (χ1) is 11.9. The van der Waals surface area contributed by atoms with E-state index in [2.05, 4.69) is 6.92 Å². The van der Waals surface area contributed by atoms with Crippen LogP contribution in [0.25, 0.3) is 0 Å². The summed E-state index contributed by atoms with van der Waals surface area (Å²) in [6, 6.07) is 10.1. The highest BCUT2D eigenvalue weighted by Gasteiger charge is 1.94. The van der Waals surface area contributed by atoms with Crippen molar-refractivity contribution in [2.24, 2.45) is 0 Å². The van der Waals surface area contributed by atoms with Gasteiger partial charge in [0.05, 0.1) is 59.5 Å². The van der Waals surface area contributed by atoms with Crippen molar-refractivity contribution < 1.29 is 23.7 Å². The van der Waals surface area contributed by atoms with Crippen LogP contribution in [0.1, 0.15) is 25.3 Å². The molecule has 1 rings (SSSR count). The maximum Gasteiger partial charge on any atom is 0.0718 e. The number of unbranched alkanes of at least 4 members (excludes halogenated alkanes) is 1. The minimum Gasteiger partial charge on any atom is -0.379 e. The molecule has 0 aliphatic heterocycles. The molecule has 0 amide bonds. The summed E-state index contributed by atoms with van der Waals surface area (Å²) in [5.41, 5.74) is 1.18. The summed E-state index contributed by atoms with van der Waals surface area (Å²) in [6.07, 6.45) is 2.27. The van der Waals surface area contributed by atoms with E-state index < -0.39 is 0 Å². The second-order valence-electron chi connectivity index (χ2n) is 5.34. The Morgan fingerprint density at radius 1 is 0.583 bits per heavy atom. The topological polar surface area (TPSA) is 46.2 Å². The van der Waals surface area contributed by atoms with Crippen LogP contribution >= 0.6 is 0 Å². The molecule has 0 atom stereocenters. The van der Waals surface area contributed by atoms with E-state index in [-0.39, 0.29) is 0 Å². The first-order valence-corrected chi connectivity index (χ1v) is 8.86. The van der Waals surface area contributed by atoms with E-state index in [1.807, 2.05) is 30.3 Å². The summed E-state index contributed by atoms with van der Waals surface area (Å²) >= 11 is 0. The standard InChI is InChI=1S/C19H32O5/c1-2-3-9-20-10-11-21-12-13-22-14-15-23-16-17-24-18-19-7-5-4-6-8-19/h4-8H,2-3,9-18H2,1H3. The summed E-state index contributed by atoms with van der Waals surface area (Å²) in [5.74, 6) is 0. The summed E-state index contributed by atoms with van der Waals surface area (Å²) in [5, 5.41) is 0. The molecule has 0 N–H and O–H groups in total. The first-order valence-electron chi connectivity index (χ1n) is 8.86. The summed E-state index contributed by atoms with van der Waals surface area (Å²) in [6.45, 7) is 8.40. The van der Waals surface area contributed by atoms with Crippen molar-refractivity contribution >= 4 is 0 Å². The Morgan fingerprint density at radius 2 is 1.04 bits per heavy atom. The monoisotopic (exact) mass is 340 g/mol. The van der Waals surface area contributed by atoms with Gasteiger partial charge in [0.2, 0.25) is 0 Å². The van der Waals surface area contributed by atoms with Crippen LogP contribution < -0.4 is 0 Å². The van der Waals surface area contributed by atoms with E-state index in [9.17, 15) is 0 Å². The maximum atomic E-state index is 5.53. The Morgan fingerprint density at radius 3 is 1.54 bits per heavy atom. The summed E-state index contributed by atoms with van der Waals surface area (Å²) in [4.78, 5) is 0. The molecule has 24 heavy (non-hydrogen) atoms. The summed E-state index contributed by atoms with van der Waals surface area (Å²) < 4.78 is 27.2. The predicted molar refractivity (Wildman–Crippen MR) is 94.3 cm³/mol. The minimum absolute atomic E-state index is 0.578. The summed E-state index contributed by atoms with van der Waals surface area (Å²) in [7, 11) is 0. The van der Waals surface area contributed by atoms with Crippen molar-refractivity contribution in [3.63, 3.8) is 0 Å². The van der Waals surface area contributed by atoms with E-state index >= 15 is 0 Å². The van der Waals surface area contributed by atoms with Crippen LogP contribution in [0.5, 0.6) is 0 Å². The lowest BCUT2D eigenvalue weighted by atomic mass is 10.2. The van der Waals surface area contributed by atoms with Gasteiger partial charge in [-0.15, -0.1) is 0 Å². The van der Waals surface area contributed by atoms with E-state index in [4.69, 9.17) is 23.7 Å². The zero-order chi connectivity index (χ0) is 17.1. The van der Waals surface area contributed by atoms with Crippen LogP contribution in [0.15, 0.2) is 30.3 Å². The Kier molecular flexibility index (Phi) is 14.8. The number of hydrogen-bond acceptors (Lipinski definition) is 5. The van der Waals surface area contributed by atoms with Crippen LogP contribution in [-0.4, -0.2) is 59.5 Å². The molecule has 1 aromatic carbocycles. The van der Waals surface area contributed by atoms with Gasteiger partial charge in [0.25, 0.3) is 0 Å². The molecule has 0 spiro atoms. The van der Waals surface area contributed by atoms with Crippen molar-refractivity contribution in [2.75, 3.05) is 59.5 Å². The van der Waals surface area contributed by atoms with Gasteiger partial charge in [0.1, 0.15) is 0 Å². The second kappa shape index (κ2) is 16.9. The van der Waals surface area contributed by atoms with Crippen LogP contribution in [0.2, 0.25) is 0 Å². The van der Waals surface area contributed by atoms with Gasteiger partial charge >= 0.3 is 0 Å². The van der Waals surface area contributed by atoms with E-state index in [0.29, 0.717) is 59.5 Å². The molecule has 5 heteroatoms. The molecule has 0 bridgehead atoms. The zero-order valence-corrected chi connectivity index (χ0v) is 14.9. The fraction of sp³-hybridized carbons (Fsp3) is 0.684. The molecular weight excluding hydrogens is 308 g/mol. The van der Waals surface area contributed by atoms with Crippen molar-refractivity contribution in [3.8, 4) is 0 Å². The number of benzene rings is 1. The fourth-order valence-corrected chi connectivity index (χ4v) is 1.89. The SMILES string of the molecule is CCCCOCCOCCOCCOCCOCc1ccccc1. The van der Waals surface area contributed by atoms with Gasteiger partial charge in [-0.25, -0.2) is 0 Å². The van der Waals surface area contributed by atoms with Crippen LogP contribution in [0.4, 0.5) is 0 Å². The first kappa shape index (κ1) is 21.1. The Bertz CT molecular complexity index is 358. The Balaban J connectivity index is 1.70. The molecule has 0 saturated heterocycles. The lowest BCUT2D eigenvalue weighted by molar-refractivity contribution is -0.0126. The molecule has 0 saturated carbocycles. The maximum absolute atomic E-state index is 5.53. The van der Waals surface area contributed by atoms with Gasteiger partial charge in [-0.1, -0.05) is 43.7 Å². The third kappa shape index (κ3) is 13.5. The number of ether oxygens (including phenoxy) is 5. The zero-order valence-electron chi connectivity index (χ0n) is 14.9. The normalized spacial score (nSPS) is 11.0. The van der Waals surface area contributed by atoms with Gasteiger partial charge < -0.3 is 23.7 Å².